The molecule has 0 saturated heterocycles. The van der Waals surface area contributed by atoms with Crippen LogP contribution >= 0.6 is 8.25 Å². The maximum Gasteiger partial charge on any atom is 0.692 e. The highest BCUT2D eigenvalue weighted by atomic mass is 31.1. The Balaban J connectivity index is 0.000000317. The van der Waals surface area contributed by atoms with Gasteiger partial charge in [0.15, 0.2) is 0 Å². The maximum atomic E-state index is 8.70. The van der Waals surface area contributed by atoms with Gasteiger partial charge in [-0.2, -0.15) is 5.10 Å². The maximum absolute atomic E-state index is 8.70. The molecule has 0 aliphatic carbocycles. The second kappa shape index (κ2) is 6.75. The molecule has 17 heavy (non-hydrogen) atoms. The van der Waals surface area contributed by atoms with E-state index in [1.165, 1.54) is 0 Å². The molecule has 6 nitrogen and oxygen atoms in total. The van der Waals surface area contributed by atoms with E-state index >= 15 is 0 Å². The van der Waals surface area contributed by atoms with Gasteiger partial charge in [-0.05, 0) is 35.9 Å². The van der Waals surface area contributed by atoms with Crippen molar-refractivity contribution >= 4 is 8.25 Å². The second-order valence-corrected chi connectivity index (χ2v) is 3.46. The summed E-state index contributed by atoms with van der Waals surface area (Å²) in [6, 6.07) is 9.77. The van der Waals surface area contributed by atoms with E-state index in [9.17, 15) is 0 Å². The number of benzene rings is 1. The van der Waals surface area contributed by atoms with Gasteiger partial charge >= 0.3 is 8.25 Å². The molecule has 2 aromatic rings. The average Bonchev–Trinajstić information content (AvgIpc) is 2.82. The van der Waals surface area contributed by atoms with E-state index in [4.69, 9.17) is 19.1 Å². The first-order chi connectivity index (χ1) is 8.13. The van der Waals surface area contributed by atoms with Crippen LogP contribution in [0.4, 0.5) is 0 Å². The third-order valence-corrected chi connectivity index (χ3v) is 1.90. The average molecular weight is 255 g/mol. The molecule has 0 bridgehead atoms. The molecule has 0 fully saturated rings. The molecule has 2 rings (SSSR count). The van der Waals surface area contributed by atoms with Crippen molar-refractivity contribution in [2.45, 2.75) is 0 Å². The second-order valence-electron chi connectivity index (χ2n) is 2.95. The standard InChI is InChI=1S/C10H10N2O.HO3P/c1-13-9-4-2-8(3-5-9)10-6-7-11-12-10;1-4(2)3/h2-7H,1H3,(H,11,12);(H-,1,2,3)/p+1. The Morgan fingerprint density at radius 3 is 2.24 bits per heavy atom. The van der Waals surface area contributed by atoms with Crippen molar-refractivity contribution in [2.24, 2.45) is 0 Å². The summed E-state index contributed by atoms with van der Waals surface area (Å²) in [5.74, 6) is 0.864. The number of methoxy groups -OCH3 is 1. The molecule has 0 spiro atoms. The van der Waals surface area contributed by atoms with Crippen LogP contribution in [0.3, 0.4) is 0 Å². The fraction of sp³-hybridized carbons (Fsp3) is 0.100. The molecule has 3 N–H and O–H groups in total. The number of aromatic amines is 1. The summed E-state index contributed by atoms with van der Waals surface area (Å²) >= 11 is 0. The normalized spacial score (nSPS) is 9.12. The summed E-state index contributed by atoms with van der Waals surface area (Å²) in [6.07, 6.45) is 1.74. The lowest BCUT2D eigenvalue weighted by atomic mass is 10.1. The van der Waals surface area contributed by atoms with Crippen molar-refractivity contribution in [2.75, 3.05) is 7.11 Å². The Morgan fingerprint density at radius 2 is 1.82 bits per heavy atom. The van der Waals surface area contributed by atoms with Gasteiger partial charge in [-0.1, -0.05) is 0 Å². The summed E-state index contributed by atoms with van der Waals surface area (Å²) in [7, 11) is -1.21. The molecule has 0 aliphatic rings. The Hall–Kier alpha value is -1.75. The first-order valence-electron chi connectivity index (χ1n) is 4.62. The summed E-state index contributed by atoms with van der Waals surface area (Å²) in [4.78, 5) is 14.2. The number of hydrogen-bond donors (Lipinski definition) is 3. The van der Waals surface area contributed by atoms with Gasteiger partial charge in [0.05, 0.1) is 12.8 Å². The van der Waals surface area contributed by atoms with E-state index in [0.717, 1.165) is 17.0 Å². The molecule has 1 aromatic heterocycles. The highest BCUT2D eigenvalue weighted by Crippen LogP contribution is 2.19. The highest BCUT2D eigenvalue weighted by molar-refractivity contribution is 7.30. The largest absolute Gasteiger partial charge is 0.692 e. The summed E-state index contributed by atoms with van der Waals surface area (Å²) in [5, 5.41) is 6.78. The Labute approximate surface area is 98.8 Å². The van der Waals surface area contributed by atoms with Crippen LogP contribution in [0.5, 0.6) is 5.75 Å². The smallest absolute Gasteiger partial charge is 0.497 e. The quantitative estimate of drug-likeness (QED) is 0.710. The summed E-state index contributed by atoms with van der Waals surface area (Å²) in [6.45, 7) is 0. The van der Waals surface area contributed by atoms with E-state index in [-0.39, 0.29) is 0 Å². The molecule has 0 radical (unpaired) electrons. The minimum Gasteiger partial charge on any atom is -0.497 e. The first-order valence-corrected chi connectivity index (χ1v) is 5.79. The summed E-state index contributed by atoms with van der Waals surface area (Å²) in [5.41, 5.74) is 2.13. The van der Waals surface area contributed by atoms with Gasteiger partial charge in [-0.3, -0.25) is 5.10 Å². The Morgan fingerprint density at radius 1 is 1.24 bits per heavy atom. The van der Waals surface area contributed by atoms with Gasteiger partial charge in [0.1, 0.15) is 5.75 Å². The lowest BCUT2D eigenvalue weighted by molar-refractivity contribution is 0.405. The third-order valence-electron chi connectivity index (χ3n) is 1.90. The van der Waals surface area contributed by atoms with Gasteiger partial charge < -0.3 is 4.74 Å². The van der Waals surface area contributed by atoms with Crippen LogP contribution in [-0.4, -0.2) is 27.1 Å². The van der Waals surface area contributed by atoms with Crippen molar-refractivity contribution < 1.29 is 19.1 Å². The predicted octanol–water partition coefficient (Wildman–Crippen LogP) is 1.71. The van der Waals surface area contributed by atoms with Crippen LogP contribution in [0.1, 0.15) is 0 Å². The van der Waals surface area contributed by atoms with Crippen LogP contribution < -0.4 is 4.74 Å². The molecule has 1 aromatic carbocycles. The number of aromatic nitrogens is 2. The molecule has 0 unspecified atom stereocenters. The monoisotopic (exact) mass is 255 g/mol. The first kappa shape index (κ1) is 13.3. The lowest BCUT2D eigenvalue weighted by Crippen LogP contribution is -1.82. The van der Waals surface area contributed by atoms with Crippen LogP contribution in [0.2, 0.25) is 0 Å². The van der Waals surface area contributed by atoms with Gasteiger partial charge in [-0.15, -0.1) is 9.79 Å². The van der Waals surface area contributed by atoms with Crippen molar-refractivity contribution in [1.29, 1.82) is 0 Å². The Kier molecular flexibility index (Phi) is 5.29. The molecule has 0 saturated carbocycles. The summed E-state index contributed by atoms with van der Waals surface area (Å²) < 4.78 is 13.8. The van der Waals surface area contributed by atoms with E-state index in [1.807, 2.05) is 30.3 Å². The molecule has 1 heterocycles. The molecular weight excluding hydrogens is 243 g/mol. The number of H-pyrrole nitrogens is 1. The van der Waals surface area contributed by atoms with Crippen LogP contribution in [0, 0.1) is 0 Å². The van der Waals surface area contributed by atoms with E-state index in [1.54, 1.807) is 13.3 Å². The van der Waals surface area contributed by atoms with Gasteiger partial charge in [0, 0.05) is 10.8 Å². The molecule has 0 amide bonds. The van der Waals surface area contributed by atoms with Crippen molar-refractivity contribution in [3.63, 3.8) is 0 Å². The zero-order chi connectivity index (χ0) is 12.7. The molecule has 90 valence electrons. The van der Waals surface area contributed by atoms with E-state index in [0.29, 0.717) is 0 Å². The number of ether oxygens (including phenoxy) is 1. The van der Waals surface area contributed by atoms with E-state index in [2.05, 4.69) is 10.2 Å². The minimum absolute atomic E-state index is 0.864. The van der Waals surface area contributed by atoms with Crippen molar-refractivity contribution in [3.05, 3.63) is 36.5 Å². The minimum atomic E-state index is -2.87. The van der Waals surface area contributed by atoms with E-state index < -0.39 is 8.25 Å². The van der Waals surface area contributed by atoms with Crippen molar-refractivity contribution in [3.8, 4) is 17.0 Å². The zero-order valence-electron chi connectivity index (χ0n) is 9.07. The highest BCUT2D eigenvalue weighted by Gasteiger charge is 1.97. The predicted molar refractivity (Wildman–Crippen MR) is 62.6 cm³/mol. The van der Waals surface area contributed by atoms with Crippen molar-refractivity contribution in [1.82, 2.24) is 10.2 Å². The molecule has 0 aliphatic heterocycles. The fourth-order valence-corrected chi connectivity index (χ4v) is 1.19. The molecular formula is C10H12N2O4P+. The number of rotatable bonds is 2. The fourth-order valence-electron chi connectivity index (χ4n) is 1.19. The molecule has 0 atom stereocenters. The number of nitrogens with one attached hydrogen (secondary N) is 1. The van der Waals surface area contributed by atoms with Gasteiger partial charge in [0.25, 0.3) is 0 Å². The topological polar surface area (TPSA) is 95.4 Å². The SMILES string of the molecule is COc1ccc(-c2ccn[nH]2)cc1.O=[P+](O)O. The number of hydrogen-bond acceptors (Lipinski definition) is 3. The van der Waals surface area contributed by atoms with Crippen LogP contribution in [0.15, 0.2) is 36.5 Å². The third kappa shape index (κ3) is 4.74. The van der Waals surface area contributed by atoms with Gasteiger partial charge in [0.2, 0.25) is 0 Å². The number of nitrogens with zero attached hydrogens (tertiary/aromatic N) is 1. The lowest BCUT2D eigenvalue weighted by Gasteiger charge is -2.00. The Bertz CT molecular complexity index is 452. The zero-order valence-corrected chi connectivity index (χ0v) is 9.96. The molecule has 7 heteroatoms. The van der Waals surface area contributed by atoms with Gasteiger partial charge in [-0.25, -0.2) is 0 Å². The van der Waals surface area contributed by atoms with Crippen LogP contribution in [-0.2, 0) is 4.57 Å². The van der Waals surface area contributed by atoms with Crippen LogP contribution in [0.25, 0.3) is 11.3 Å².